The summed E-state index contributed by atoms with van der Waals surface area (Å²) >= 11 is 0. The molecule has 0 aliphatic heterocycles. The molecule has 0 aliphatic rings. The molecular formula is C21H23N3O2. The summed E-state index contributed by atoms with van der Waals surface area (Å²) in [5, 5.41) is 7.15. The number of furan rings is 1. The van der Waals surface area contributed by atoms with Crippen LogP contribution in [0.25, 0.3) is 6.08 Å². The van der Waals surface area contributed by atoms with Crippen LogP contribution in [0, 0.1) is 0 Å². The number of amides is 1. The molecule has 2 aromatic heterocycles. The number of anilines is 1. The molecule has 2 heterocycles. The van der Waals surface area contributed by atoms with Gasteiger partial charge in [0, 0.05) is 12.1 Å². The fourth-order valence-corrected chi connectivity index (χ4v) is 2.56. The third-order valence-electron chi connectivity index (χ3n) is 4.06. The maximum Gasteiger partial charge on any atom is 0.249 e. The molecule has 1 aromatic carbocycles. The second-order valence-corrected chi connectivity index (χ2v) is 7.16. The molecule has 3 aromatic rings. The highest BCUT2D eigenvalue weighted by Gasteiger charge is 2.13. The molecule has 0 aliphatic carbocycles. The summed E-state index contributed by atoms with van der Waals surface area (Å²) in [7, 11) is 0. The van der Waals surface area contributed by atoms with Crippen LogP contribution in [0.15, 0.2) is 65.4 Å². The predicted molar refractivity (Wildman–Crippen MR) is 103 cm³/mol. The molecule has 26 heavy (non-hydrogen) atoms. The fourth-order valence-electron chi connectivity index (χ4n) is 2.56. The second-order valence-electron chi connectivity index (χ2n) is 7.16. The van der Waals surface area contributed by atoms with Crippen LogP contribution in [0.4, 0.5) is 5.82 Å². The van der Waals surface area contributed by atoms with E-state index in [9.17, 15) is 4.79 Å². The molecule has 5 heteroatoms. The highest BCUT2D eigenvalue weighted by Crippen LogP contribution is 2.22. The highest BCUT2D eigenvalue weighted by molar-refractivity contribution is 6.01. The molecule has 0 bridgehead atoms. The van der Waals surface area contributed by atoms with Crippen molar-refractivity contribution in [3.05, 3.63) is 77.9 Å². The first kappa shape index (κ1) is 17.7. The summed E-state index contributed by atoms with van der Waals surface area (Å²) < 4.78 is 6.94. The predicted octanol–water partition coefficient (Wildman–Crippen LogP) is 4.47. The van der Waals surface area contributed by atoms with E-state index in [0.717, 1.165) is 5.56 Å². The summed E-state index contributed by atoms with van der Waals surface area (Å²) in [5.41, 5.74) is 2.55. The lowest BCUT2D eigenvalue weighted by molar-refractivity contribution is -0.111. The molecular weight excluding hydrogens is 326 g/mol. The number of benzene rings is 1. The van der Waals surface area contributed by atoms with Gasteiger partial charge in [-0.3, -0.25) is 4.79 Å². The van der Waals surface area contributed by atoms with Crippen LogP contribution in [0.2, 0.25) is 0 Å². The monoisotopic (exact) mass is 349 g/mol. The molecule has 1 N–H and O–H groups in total. The topological polar surface area (TPSA) is 60.1 Å². The number of hydrogen-bond donors (Lipinski definition) is 1. The van der Waals surface area contributed by atoms with Crippen LogP contribution in [0.1, 0.15) is 37.7 Å². The van der Waals surface area contributed by atoms with E-state index in [0.29, 0.717) is 18.1 Å². The van der Waals surface area contributed by atoms with E-state index in [1.165, 1.54) is 11.6 Å². The van der Waals surface area contributed by atoms with Crippen molar-refractivity contribution in [3.63, 3.8) is 0 Å². The quantitative estimate of drug-likeness (QED) is 0.691. The minimum absolute atomic E-state index is 0.129. The van der Waals surface area contributed by atoms with Crippen LogP contribution in [-0.2, 0) is 16.8 Å². The maximum atomic E-state index is 12.1. The summed E-state index contributed by atoms with van der Waals surface area (Å²) in [6.07, 6.45) is 6.31. The zero-order valence-corrected chi connectivity index (χ0v) is 15.3. The largest absolute Gasteiger partial charge is 0.465 e. The average Bonchev–Trinajstić information content (AvgIpc) is 3.25. The van der Waals surface area contributed by atoms with E-state index in [4.69, 9.17) is 4.42 Å². The first-order valence-corrected chi connectivity index (χ1v) is 8.55. The summed E-state index contributed by atoms with van der Waals surface area (Å²) in [5.74, 6) is 1.05. The first-order valence-electron chi connectivity index (χ1n) is 8.55. The van der Waals surface area contributed by atoms with Crippen molar-refractivity contribution in [1.82, 2.24) is 9.78 Å². The molecule has 0 saturated carbocycles. The van der Waals surface area contributed by atoms with E-state index in [-0.39, 0.29) is 11.3 Å². The van der Waals surface area contributed by atoms with E-state index in [2.05, 4.69) is 55.5 Å². The van der Waals surface area contributed by atoms with Gasteiger partial charge in [-0.1, -0.05) is 45.0 Å². The van der Waals surface area contributed by atoms with Crippen molar-refractivity contribution in [2.75, 3.05) is 5.32 Å². The Morgan fingerprint density at radius 2 is 1.96 bits per heavy atom. The number of aromatic nitrogens is 2. The summed E-state index contributed by atoms with van der Waals surface area (Å²) in [6, 6.07) is 13.8. The molecule has 0 atom stereocenters. The third-order valence-corrected chi connectivity index (χ3v) is 4.06. The average molecular weight is 349 g/mol. The highest BCUT2D eigenvalue weighted by atomic mass is 16.3. The Kier molecular flexibility index (Phi) is 5.07. The Hall–Kier alpha value is -3.08. The number of nitrogens with one attached hydrogen (secondary N) is 1. The smallest absolute Gasteiger partial charge is 0.249 e. The Morgan fingerprint density at radius 1 is 1.19 bits per heavy atom. The molecule has 0 unspecified atom stereocenters. The van der Waals surface area contributed by atoms with E-state index >= 15 is 0 Å². The Morgan fingerprint density at radius 3 is 2.62 bits per heavy atom. The fraction of sp³-hybridized carbons (Fsp3) is 0.238. The lowest BCUT2D eigenvalue weighted by Crippen LogP contribution is -2.14. The van der Waals surface area contributed by atoms with Crippen LogP contribution in [0.5, 0.6) is 0 Å². The van der Waals surface area contributed by atoms with Crippen molar-refractivity contribution in [1.29, 1.82) is 0 Å². The van der Waals surface area contributed by atoms with Crippen molar-refractivity contribution >= 4 is 17.8 Å². The number of nitrogens with zero attached hydrogens (tertiary/aromatic N) is 2. The molecule has 3 rings (SSSR count). The van der Waals surface area contributed by atoms with Gasteiger partial charge in [-0.2, -0.15) is 5.10 Å². The van der Waals surface area contributed by atoms with Crippen molar-refractivity contribution < 1.29 is 9.21 Å². The lowest BCUT2D eigenvalue weighted by Gasteiger charge is -2.19. The van der Waals surface area contributed by atoms with Crippen molar-refractivity contribution in [2.45, 2.75) is 32.7 Å². The molecule has 0 saturated heterocycles. The van der Waals surface area contributed by atoms with E-state index < -0.39 is 0 Å². The SMILES string of the molecule is CC(C)(C)c1ccc(Cn2nccc2NC(=O)/C=C/c2ccco2)cc1. The van der Waals surface area contributed by atoms with Gasteiger partial charge in [-0.25, -0.2) is 4.68 Å². The maximum absolute atomic E-state index is 12.1. The zero-order chi connectivity index (χ0) is 18.6. The van der Waals surface area contributed by atoms with Gasteiger partial charge in [-0.15, -0.1) is 0 Å². The summed E-state index contributed by atoms with van der Waals surface area (Å²) in [4.78, 5) is 12.1. The number of carbonyl (C=O) groups excluding carboxylic acids is 1. The van der Waals surface area contributed by atoms with Crippen molar-refractivity contribution in [3.8, 4) is 0 Å². The Labute approximate surface area is 153 Å². The van der Waals surface area contributed by atoms with Crippen LogP contribution < -0.4 is 5.32 Å². The Balaban J connectivity index is 1.66. The molecule has 1 amide bonds. The molecule has 5 nitrogen and oxygen atoms in total. The van der Waals surface area contributed by atoms with Gasteiger partial charge in [0.05, 0.1) is 19.0 Å². The van der Waals surface area contributed by atoms with Crippen LogP contribution in [-0.4, -0.2) is 15.7 Å². The van der Waals surface area contributed by atoms with E-state index in [1.54, 1.807) is 41.4 Å². The van der Waals surface area contributed by atoms with Gasteiger partial charge in [0.25, 0.3) is 0 Å². The molecule has 0 fully saturated rings. The summed E-state index contributed by atoms with van der Waals surface area (Å²) in [6.45, 7) is 7.17. The third kappa shape index (κ3) is 4.51. The lowest BCUT2D eigenvalue weighted by atomic mass is 9.87. The normalized spacial score (nSPS) is 11.8. The van der Waals surface area contributed by atoms with Gasteiger partial charge in [-0.05, 0) is 34.8 Å². The first-order chi connectivity index (χ1) is 12.4. The van der Waals surface area contributed by atoms with Crippen LogP contribution >= 0.6 is 0 Å². The van der Waals surface area contributed by atoms with E-state index in [1.807, 2.05) is 0 Å². The Bertz CT molecular complexity index is 882. The van der Waals surface area contributed by atoms with Crippen LogP contribution in [0.3, 0.4) is 0 Å². The van der Waals surface area contributed by atoms with Gasteiger partial charge < -0.3 is 9.73 Å². The minimum atomic E-state index is -0.230. The van der Waals surface area contributed by atoms with Gasteiger partial charge in [0.1, 0.15) is 11.6 Å². The second kappa shape index (κ2) is 7.44. The molecule has 0 radical (unpaired) electrons. The van der Waals surface area contributed by atoms with Gasteiger partial charge in [0.2, 0.25) is 5.91 Å². The van der Waals surface area contributed by atoms with Gasteiger partial charge >= 0.3 is 0 Å². The number of carbonyl (C=O) groups is 1. The zero-order valence-electron chi connectivity index (χ0n) is 15.3. The number of hydrogen-bond acceptors (Lipinski definition) is 3. The minimum Gasteiger partial charge on any atom is -0.465 e. The molecule has 134 valence electrons. The van der Waals surface area contributed by atoms with Crippen molar-refractivity contribution in [2.24, 2.45) is 0 Å². The molecule has 0 spiro atoms. The number of rotatable bonds is 5. The standard InChI is InChI=1S/C21H23N3O2/c1-21(2,3)17-8-6-16(7-9-17)15-24-19(12-13-22-24)23-20(25)11-10-18-5-4-14-26-18/h4-14H,15H2,1-3H3,(H,23,25)/b11-10+. The van der Waals surface area contributed by atoms with Gasteiger partial charge in [0.15, 0.2) is 0 Å².